The Morgan fingerprint density at radius 1 is 0.929 bits per heavy atom. The summed E-state index contributed by atoms with van der Waals surface area (Å²) in [6.07, 6.45) is 0. The summed E-state index contributed by atoms with van der Waals surface area (Å²) in [6.45, 7) is 1.98. The van der Waals surface area contributed by atoms with E-state index in [1.807, 2.05) is 19.1 Å². The fourth-order valence-corrected chi connectivity index (χ4v) is 1.90. The number of hydrogen-bond donors (Lipinski definition) is 0. The first-order valence-corrected chi connectivity index (χ1v) is 4.72. The summed E-state index contributed by atoms with van der Waals surface area (Å²) in [6, 6.07) is 14.6. The molecule has 1 aromatic heterocycles. The molecule has 0 bridgehead atoms. The van der Waals surface area contributed by atoms with Crippen LogP contribution in [0.2, 0.25) is 0 Å². The van der Waals surface area contributed by atoms with Crippen LogP contribution in [-0.4, -0.2) is 0 Å². The van der Waals surface area contributed by atoms with Crippen molar-refractivity contribution in [1.29, 1.82) is 0 Å². The minimum atomic E-state index is 0.969. The third-order valence-corrected chi connectivity index (χ3v) is 2.53. The molecule has 0 radical (unpaired) electrons. The van der Waals surface area contributed by atoms with E-state index in [-0.39, 0.29) is 0 Å². The average Bonchev–Trinajstić information content (AvgIpc) is 2.59. The van der Waals surface area contributed by atoms with Crippen molar-refractivity contribution in [2.45, 2.75) is 6.92 Å². The summed E-state index contributed by atoms with van der Waals surface area (Å²) in [5.74, 6) is 0.969. The number of hydrogen-bond acceptors (Lipinski definition) is 1. The van der Waals surface area contributed by atoms with E-state index in [9.17, 15) is 0 Å². The first-order chi connectivity index (χ1) is 6.84. The zero-order valence-electron chi connectivity index (χ0n) is 7.95. The highest BCUT2D eigenvalue weighted by molar-refractivity contribution is 6.04. The molecule has 0 aliphatic heterocycles. The summed E-state index contributed by atoms with van der Waals surface area (Å²) in [4.78, 5) is 0. The molecule has 68 valence electrons. The van der Waals surface area contributed by atoms with Gasteiger partial charge in [0.25, 0.3) is 0 Å². The van der Waals surface area contributed by atoms with Gasteiger partial charge >= 0.3 is 0 Å². The van der Waals surface area contributed by atoms with Crippen molar-refractivity contribution in [1.82, 2.24) is 0 Å². The van der Waals surface area contributed by atoms with Crippen molar-refractivity contribution >= 4 is 21.7 Å². The second-order valence-corrected chi connectivity index (χ2v) is 3.56. The number of rotatable bonds is 0. The molecule has 0 aliphatic carbocycles. The van der Waals surface area contributed by atoms with Crippen LogP contribution in [0.1, 0.15) is 5.76 Å². The maximum Gasteiger partial charge on any atom is 0.142 e. The first kappa shape index (κ1) is 7.63. The van der Waals surface area contributed by atoms with E-state index in [2.05, 4.69) is 30.3 Å². The van der Waals surface area contributed by atoms with Gasteiger partial charge in [-0.1, -0.05) is 36.4 Å². The van der Waals surface area contributed by atoms with Crippen molar-refractivity contribution in [2.24, 2.45) is 0 Å². The highest BCUT2D eigenvalue weighted by Crippen LogP contribution is 2.27. The Labute approximate surface area is 82.0 Å². The Hall–Kier alpha value is -1.76. The molecular weight excluding hydrogens is 172 g/mol. The zero-order valence-corrected chi connectivity index (χ0v) is 7.95. The Bertz CT molecular complexity index is 605. The molecule has 1 heterocycles. The van der Waals surface area contributed by atoms with Gasteiger partial charge in [0.1, 0.15) is 11.3 Å². The lowest BCUT2D eigenvalue weighted by Gasteiger charge is -1.96. The maximum atomic E-state index is 5.68. The van der Waals surface area contributed by atoms with Gasteiger partial charge in [0.05, 0.1) is 0 Å². The van der Waals surface area contributed by atoms with Gasteiger partial charge in [0.2, 0.25) is 0 Å². The Kier molecular flexibility index (Phi) is 1.42. The molecule has 1 nitrogen and oxygen atoms in total. The lowest BCUT2D eigenvalue weighted by Crippen LogP contribution is -1.71. The quantitative estimate of drug-likeness (QED) is 0.514. The van der Waals surface area contributed by atoms with E-state index in [4.69, 9.17) is 4.42 Å². The smallest absolute Gasteiger partial charge is 0.142 e. The molecule has 2 aromatic carbocycles. The minimum Gasteiger partial charge on any atom is -0.461 e. The van der Waals surface area contributed by atoms with Crippen LogP contribution in [0.4, 0.5) is 0 Å². The van der Waals surface area contributed by atoms with Crippen LogP contribution in [0.15, 0.2) is 46.9 Å². The predicted molar refractivity (Wildman–Crippen MR) is 58.5 cm³/mol. The number of furan rings is 1. The molecule has 0 amide bonds. The molecule has 0 unspecified atom stereocenters. The molecule has 0 aliphatic rings. The van der Waals surface area contributed by atoms with Crippen molar-refractivity contribution in [3.8, 4) is 0 Å². The Balaban J connectivity index is 2.60. The number of fused-ring (bicyclic) bond motifs is 3. The highest BCUT2D eigenvalue weighted by Gasteiger charge is 2.03. The number of benzene rings is 2. The summed E-state index contributed by atoms with van der Waals surface area (Å²) in [7, 11) is 0. The third kappa shape index (κ3) is 0.956. The first-order valence-electron chi connectivity index (χ1n) is 4.72. The molecule has 0 fully saturated rings. The van der Waals surface area contributed by atoms with Gasteiger partial charge < -0.3 is 4.42 Å². The van der Waals surface area contributed by atoms with Crippen molar-refractivity contribution in [3.05, 3.63) is 48.2 Å². The summed E-state index contributed by atoms with van der Waals surface area (Å²) in [5.41, 5.74) is 1.00. The van der Waals surface area contributed by atoms with Crippen LogP contribution in [-0.2, 0) is 0 Å². The highest BCUT2D eigenvalue weighted by atomic mass is 16.3. The average molecular weight is 182 g/mol. The lowest BCUT2D eigenvalue weighted by atomic mass is 10.1. The molecule has 14 heavy (non-hydrogen) atoms. The second-order valence-electron chi connectivity index (χ2n) is 3.56. The predicted octanol–water partition coefficient (Wildman–Crippen LogP) is 3.89. The second kappa shape index (κ2) is 2.61. The SMILES string of the molecule is Cc1cc2ccc3ccccc3c2o1. The van der Waals surface area contributed by atoms with Gasteiger partial charge in [-0.05, 0) is 18.4 Å². The van der Waals surface area contributed by atoms with Gasteiger partial charge in [0.15, 0.2) is 0 Å². The van der Waals surface area contributed by atoms with Crippen LogP contribution in [0, 0.1) is 6.92 Å². The molecule has 0 saturated heterocycles. The number of aryl methyl sites for hydroxylation is 1. The molecule has 0 saturated carbocycles. The fraction of sp³-hybridized carbons (Fsp3) is 0.0769. The largest absolute Gasteiger partial charge is 0.461 e. The van der Waals surface area contributed by atoms with Gasteiger partial charge in [-0.3, -0.25) is 0 Å². The molecule has 3 aromatic rings. The molecule has 0 atom stereocenters. The van der Waals surface area contributed by atoms with E-state index < -0.39 is 0 Å². The van der Waals surface area contributed by atoms with Crippen molar-refractivity contribution in [2.75, 3.05) is 0 Å². The van der Waals surface area contributed by atoms with E-state index in [1.54, 1.807) is 0 Å². The van der Waals surface area contributed by atoms with E-state index in [1.165, 1.54) is 16.2 Å². The molecule has 0 N–H and O–H groups in total. The minimum absolute atomic E-state index is 0.969. The maximum absolute atomic E-state index is 5.68. The van der Waals surface area contributed by atoms with Gasteiger partial charge in [-0.2, -0.15) is 0 Å². The standard InChI is InChI=1S/C13H10O/c1-9-8-11-7-6-10-4-2-3-5-12(10)13(11)14-9/h2-8H,1H3. The van der Waals surface area contributed by atoms with Crippen LogP contribution < -0.4 is 0 Å². The molecule has 3 rings (SSSR count). The van der Waals surface area contributed by atoms with Crippen molar-refractivity contribution < 1.29 is 4.42 Å². The summed E-state index contributed by atoms with van der Waals surface area (Å²) < 4.78 is 5.68. The Morgan fingerprint density at radius 3 is 2.64 bits per heavy atom. The van der Waals surface area contributed by atoms with Crippen LogP contribution in [0.5, 0.6) is 0 Å². The third-order valence-electron chi connectivity index (χ3n) is 2.53. The van der Waals surface area contributed by atoms with E-state index >= 15 is 0 Å². The van der Waals surface area contributed by atoms with Crippen molar-refractivity contribution in [3.63, 3.8) is 0 Å². The Morgan fingerprint density at radius 2 is 1.71 bits per heavy atom. The van der Waals surface area contributed by atoms with Crippen LogP contribution >= 0.6 is 0 Å². The van der Waals surface area contributed by atoms with Gasteiger partial charge in [-0.25, -0.2) is 0 Å². The zero-order chi connectivity index (χ0) is 9.54. The van der Waals surface area contributed by atoms with E-state index in [0.717, 1.165) is 11.3 Å². The lowest BCUT2D eigenvalue weighted by molar-refractivity contribution is 0.581. The van der Waals surface area contributed by atoms with Gasteiger partial charge in [-0.15, -0.1) is 0 Å². The topological polar surface area (TPSA) is 13.1 Å². The summed E-state index contributed by atoms with van der Waals surface area (Å²) >= 11 is 0. The monoisotopic (exact) mass is 182 g/mol. The summed E-state index contributed by atoms with van der Waals surface area (Å²) in [5, 5.41) is 3.61. The van der Waals surface area contributed by atoms with E-state index in [0.29, 0.717) is 0 Å². The molecule has 1 heteroatoms. The van der Waals surface area contributed by atoms with Crippen LogP contribution in [0.25, 0.3) is 21.7 Å². The fourth-order valence-electron chi connectivity index (χ4n) is 1.90. The molecule has 0 spiro atoms. The normalized spacial score (nSPS) is 11.2. The van der Waals surface area contributed by atoms with Crippen LogP contribution in [0.3, 0.4) is 0 Å². The molecular formula is C13H10O. The van der Waals surface area contributed by atoms with Gasteiger partial charge in [0, 0.05) is 10.8 Å².